The molecular formula is C18H20F3NO2. The fraction of sp³-hybridized carbons (Fsp3) is 0.333. The van der Waals surface area contributed by atoms with Crippen molar-refractivity contribution in [3.8, 4) is 22.6 Å². The Hall–Kier alpha value is -2.21. The Kier molecular flexibility index (Phi) is 5.72. The van der Waals surface area contributed by atoms with Crippen LogP contribution in [0, 0.1) is 0 Å². The van der Waals surface area contributed by atoms with Gasteiger partial charge in [0.05, 0.1) is 0 Å². The van der Waals surface area contributed by atoms with E-state index in [-0.39, 0.29) is 24.7 Å². The summed E-state index contributed by atoms with van der Waals surface area (Å²) in [6.07, 6.45) is -4.78. The third-order valence-corrected chi connectivity index (χ3v) is 3.45. The fourth-order valence-electron chi connectivity index (χ4n) is 2.26. The molecule has 0 bridgehead atoms. The summed E-state index contributed by atoms with van der Waals surface area (Å²) in [5.74, 6) is 0.327. The van der Waals surface area contributed by atoms with Crippen LogP contribution in [-0.4, -0.2) is 19.5 Å². The summed E-state index contributed by atoms with van der Waals surface area (Å²) in [6, 6.07) is 11.8. The summed E-state index contributed by atoms with van der Waals surface area (Å²) in [7, 11) is 0. The number of benzene rings is 2. The Labute approximate surface area is 139 Å². The molecule has 0 amide bonds. The van der Waals surface area contributed by atoms with Gasteiger partial charge in [0.15, 0.2) is 0 Å². The Balaban J connectivity index is 2.39. The highest BCUT2D eigenvalue weighted by Gasteiger charge is 2.32. The molecule has 2 aromatic rings. The lowest BCUT2D eigenvalue weighted by atomic mass is 9.98. The quantitative estimate of drug-likeness (QED) is 0.829. The zero-order valence-corrected chi connectivity index (χ0v) is 13.6. The van der Waals surface area contributed by atoms with Gasteiger partial charge >= 0.3 is 6.36 Å². The van der Waals surface area contributed by atoms with Gasteiger partial charge in [-0.25, -0.2) is 0 Å². The van der Waals surface area contributed by atoms with Gasteiger partial charge in [-0.05, 0) is 29.2 Å². The third kappa shape index (κ3) is 4.89. The van der Waals surface area contributed by atoms with Crippen LogP contribution in [0.5, 0.6) is 11.5 Å². The van der Waals surface area contributed by atoms with Gasteiger partial charge in [-0.1, -0.05) is 38.1 Å². The minimum absolute atomic E-state index is 0.216. The molecule has 0 aliphatic heterocycles. The molecule has 24 heavy (non-hydrogen) atoms. The highest BCUT2D eigenvalue weighted by Crippen LogP contribution is 2.37. The van der Waals surface area contributed by atoms with E-state index < -0.39 is 6.36 Å². The van der Waals surface area contributed by atoms with Crippen molar-refractivity contribution in [1.82, 2.24) is 0 Å². The van der Waals surface area contributed by atoms with E-state index in [1.807, 2.05) is 12.1 Å². The van der Waals surface area contributed by atoms with Crippen molar-refractivity contribution < 1.29 is 22.6 Å². The molecular weight excluding hydrogens is 319 g/mol. The molecule has 0 atom stereocenters. The lowest BCUT2D eigenvalue weighted by Gasteiger charge is -2.16. The second-order valence-corrected chi connectivity index (χ2v) is 5.62. The maximum absolute atomic E-state index is 12.7. The van der Waals surface area contributed by atoms with Crippen molar-refractivity contribution in [3.63, 3.8) is 0 Å². The van der Waals surface area contributed by atoms with Crippen molar-refractivity contribution in [2.75, 3.05) is 13.2 Å². The van der Waals surface area contributed by atoms with Gasteiger partial charge in [0, 0.05) is 18.2 Å². The standard InChI is InChI=1S/C18H20F3NO2/c1-12(2)13-3-5-14(6-4-13)16-8-7-15(23-10-9-22)11-17(16)24-18(19,20)21/h3-8,11-12H,9-10,22H2,1-2H3. The lowest BCUT2D eigenvalue weighted by Crippen LogP contribution is -2.18. The van der Waals surface area contributed by atoms with Crippen molar-refractivity contribution in [2.24, 2.45) is 5.73 Å². The topological polar surface area (TPSA) is 44.5 Å². The Morgan fingerprint density at radius 3 is 2.25 bits per heavy atom. The Morgan fingerprint density at radius 2 is 1.71 bits per heavy atom. The molecule has 0 heterocycles. The van der Waals surface area contributed by atoms with Crippen LogP contribution in [0.1, 0.15) is 25.3 Å². The summed E-state index contributed by atoms with van der Waals surface area (Å²) in [4.78, 5) is 0. The first-order valence-corrected chi connectivity index (χ1v) is 7.63. The first-order chi connectivity index (χ1) is 11.3. The summed E-state index contributed by atoms with van der Waals surface area (Å²) in [5.41, 5.74) is 7.44. The summed E-state index contributed by atoms with van der Waals surface area (Å²) < 4.78 is 47.6. The fourth-order valence-corrected chi connectivity index (χ4v) is 2.26. The number of rotatable bonds is 6. The molecule has 2 aromatic carbocycles. The van der Waals surface area contributed by atoms with E-state index in [4.69, 9.17) is 10.5 Å². The smallest absolute Gasteiger partial charge is 0.492 e. The average molecular weight is 339 g/mol. The highest BCUT2D eigenvalue weighted by atomic mass is 19.4. The largest absolute Gasteiger partial charge is 0.573 e. The van der Waals surface area contributed by atoms with Crippen molar-refractivity contribution in [3.05, 3.63) is 48.0 Å². The first kappa shape index (κ1) is 18.1. The van der Waals surface area contributed by atoms with Crippen molar-refractivity contribution >= 4 is 0 Å². The van der Waals surface area contributed by atoms with Crippen LogP contribution in [0.3, 0.4) is 0 Å². The SMILES string of the molecule is CC(C)c1ccc(-c2ccc(OCCN)cc2OC(F)(F)F)cc1. The summed E-state index contributed by atoms with van der Waals surface area (Å²) >= 11 is 0. The predicted molar refractivity (Wildman–Crippen MR) is 87.2 cm³/mol. The second-order valence-electron chi connectivity index (χ2n) is 5.62. The molecule has 0 radical (unpaired) electrons. The van der Waals surface area contributed by atoms with Gasteiger partial charge in [0.2, 0.25) is 0 Å². The van der Waals surface area contributed by atoms with Gasteiger partial charge in [-0.15, -0.1) is 13.2 Å². The van der Waals surface area contributed by atoms with E-state index in [0.29, 0.717) is 17.0 Å². The number of nitrogens with two attached hydrogens (primary N) is 1. The molecule has 130 valence electrons. The average Bonchev–Trinajstić information content (AvgIpc) is 2.51. The van der Waals surface area contributed by atoms with Crippen LogP contribution >= 0.6 is 0 Å². The maximum atomic E-state index is 12.7. The number of alkyl halides is 3. The number of hydrogen-bond acceptors (Lipinski definition) is 3. The monoisotopic (exact) mass is 339 g/mol. The Morgan fingerprint density at radius 1 is 1.04 bits per heavy atom. The molecule has 2 rings (SSSR count). The molecule has 0 saturated heterocycles. The maximum Gasteiger partial charge on any atom is 0.573 e. The van der Waals surface area contributed by atoms with E-state index in [1.54, 1.807) is 24.3 Å². The summed E-state index contributed by atoms with van der Waals surface area (Å²) in [6.45, 7) is 4.59. The van der Waals surface area contributed by atoms with Gasteiger partial charge in [0.25, 0.3) is 0 Å². The van der Waals surface area contributed by atoms with Crippen LogP contribution in [-0.2, 0) is 0 Å². The third-order valence-electron chi connectivity index (χ3n) is 3.45. The molecule has 0 aromatic heterocycles. The molecule has 0 aliphatic rings. The number of ether oxygens (including phenoxy) is 2. The van der Waals surface area contributed by atoms with Gasteiger partial charge in [0.1, 0.15) is 18.1 Å². The second kappa shape index (κ2) is 7.57. The minimum atomic E-state index is -4.78. The summed E-state index contributed by atoms with van der Waals surface area (Å²) in [5, 5.41) is 0. The highest BCUT2D eigenvalue weighted by molar-refractivity contribution is 5.71. The molecule has 3 nitrogen and oxygen atoms in total. The zero-order chi connectivity index (χ0) is 17.7. The van der Waals surface area contributed by atoms with Crippen LogP contribution < -0.4 is 15.2 Å². The van der Waals surface area contributed by atoms with E-state index in [2.05, 4.69) is 18.6 Å². The molecule has 0 fully saturated rings. The first-order valence-electron chi connectivity index (χ1n) is 7.63. The van der Waals surface area contributed by atoms with Crippen LogP contribution in [0.15, 0.2) is 42.5 Å². The van der Waals surface area contributed by atoms with Crippen molar-refractivity contribution in [1.29, 1.82) is 0 Å². The molecule has 6 heteroatoms. The number of hydrogen-bond donors (Lipinski definition) is 1. The van der Waals surface area contributed by atoms with E-state index >= 15 is 0 Å². The van der Waals surface area contributed by atoms with Gasteiger partial charge < -0.3 is 15.2 Å². The lowest BCUT2D eigenvalue weighted by molar-refractivity contribution is -0.274. The molecule has 0 saturated carbocycles. The van der Waals surface area contributed by atoms with Gasteiger partial charge in [-0.2, -0.15) is 0 Å². The van der Waals surface area contributed by atoms with E-state index in [0.717, 1.165) is 5.56 Å². The van der Waals surface area contributed by atoms with Crippen LogP contribution in [0.25, 0.3) is 11.1 Å². The predicted octanol–water partition coefficient (Wildman–Crippen LogP) is 4.71. The Bertz CT molecular complexity index is 667. The van der Waals surface area contributed by atoms with Gasteiger partial charge in [-0.3, -0.25) is 0 Å². The normalized spacial score (nSPS) is 11.6. The van der Waals surface area contributed by atoms with Crippen LogP contribution in [0.4, 0.5) is 13.2 Å². The van der Waals surface area contributed by atoms with Crippen LogP contribution in [0.2, 0.25) is 0 Å². The van der Waals surface area contributed by atoms with E-state index in [9.17, 15) is 13.2 Å². The van der Waals surface area contributed by atoms with Crippen molar-refractivity contribution in [2.45, 2.75) is 26.1 Å². The van der Waals surface area contributed by atoms with E-state index in [1.165, 1.54) is 6.07 Å². The minimum Gasteiger partial charge on any atom is -0.492 e. The molecule has 0 unspecified atom stereocenters. The number of halogens is 3. The zero-order valence-electron chi connectivity index (χ0n) is 13.6. The molecule has 2 N–H and O–H groups in total. The molecule has 0 aliphatic carbocycles. The molecule has 0 spiro atoms.